The molecule has 0 aliphatic rings. The largest absolute Gasteiger partial charge is 0.392 e. The minimum Gasteiger partial charge on any atom is -0.392 e. The maximum absolute atomic E-state index is 12.6. The highest BCUT2D eigenvalue weighted by Gasteiger charge is 2.16. The molecule has 0 spiro atoms. The topological polar surface area (TPSA) is 65.5 Å². The van der Waals surface area contributed by atoms with Gasteiger partial charge in [0.05, 0.1) is 22.3 Å². The summed E-state index contributed by atoms with van der Waals surface area (Å²) in [5.74, 6) is 0.166. The molecule has 144 valence electrons. The minimum atomic E-state index is -0.289. The van der Waals surface area contributed by atoms with Crippen molar-refractivity contribution in [3.8, 4) is 0 Å². The third-order valence-electron chi connectivity index (χ3n) is 4.05. The van der Waals surface area contributed by atoms with Gasteiger partial charge in [0.2, 0.25) is 0 Å². The second-order valence-corrected chi connectivity index (χ2v) is 7.24. The average molecular weight is 437 g/mol. The number of hydrogen-bond donors (Lipinski definition) is 2. The number of aliphatic hydroxyl groups is 1. The third kappa shape index (κ3) is 4.56. The van der Waals surface area contributed by atoms with Gasteiger partial charge in [0.25, 0.3) is 5.91 Å². The normalized spacial score (nSPS) is 10.6. The van der Waals surface area contributed by atoms with Crippen LogP contribution in [0.2, 0.25) is 15.1 Å². The molecule has 0 saturated carbocycles. The van der Waals surface area contributed by atoms with Crippen molar-refractivity contribution in [2.45, 2.75) is 6.61 Å². The van der Waals surface area contributed by atoms with Gasteiger partial charge in [0, 0.05) is 29.5 Å². The number of anilines is 3. The van der Waals surface area contributed by atoms with Crippen LogP contribution in [-0.2, 0) is 6.61 Å². The first-order valence-corrected chi connectivity index (χ1v) is 9.38. The number of nitrogens with one attached hydrogen (secondary N) is 1. The van der Waals surface area contributed by atoms with Crippen LogP contribution in [0.3, 0.4) is 0 Å². The van der Waals surface area contributed by atoms with Gasteiger partial charge in [-0.25, -0.2) is 4.98 Å². The Balaban J connectivity index is 1.88. The number of rotatable bonds is 5. The molecule has 2 aromatic carbocycles. The van der Waals surface area contributed by atoms with Crippen molar-refractivity contribution >= 4 is 57.9 Å². The molecule has 0 aliphatic heterocycles. The molecule has 0 radical (unpaired) electrons. The van der Waals surface area contributed by atoms with E-state index in [2.05, 4.69) is 10.3 Å². The molecular weight excluding hydrogens is 421 g/mol. The van der Waals surface area contributed by atoms with E-state index < -0.39 is 0 Å². The van der Waals surface area contributed by atoms with Gasteiger partial charge < -0.3 is 15.3 Å². The lowest BCUT2D eigenvalue weighted by molar-refractivity contribution is 0.102. The molecule has 5 nitrogen and oxygen atoms in total. The van der Waals surface area contributed by atoms with Gasteiger partial charge in [-0.05, 0) is 54.1 Å². The number of benzene rings is 2. The summed E-state index contributed by atoms with van der Waals surface area (Å²) < 4.78 is 0. The van der Waals surface area contributed by atoms with Crippen molar-refractivity contribution in [1.29, 1.82) is 0 Å². The third-order valence-corrected chi connectivity index (χ3v) is 4.90. The molecule has 1 heterocycles. The van der Waals surface area contributed by atoms with Crippen molar-refractivity contribution in [3.05, 3.63) is 80.9 Å². The zero-order valence-corrected chi connectivity index (χ0v) is 17.1. The van der Waals surface area contributed by atoms with E-state index in [1.54, 1.807) is 60.5 Å². The molecule has 2 N–H and O–H groups in total. The standard InChI is InChI=1S/C20H16Cl3N3O2/c1-26(19-17(23)8-12(11-27)10-24-19)18-9-13(2-7-16(18)22)20(28)25-15-5-3-14(21)4-6-15/h2-10,27H,11H2,1H3,(H,25,28). The van der Waals surface area contributed by atoms with Crippen molar-refractivity contribution in [2.24, 2.45) is 0 Å². The summed E-state index contributed by atoms with van der Waals surface area (Å²) in [6.07, 6.45) is 1.53. The van der Waals surface area contributed by atoms with Gasteiger partial charge in [-0.1, -0.05) is 34.8 Å². The molecule has 1 amide bonds. The zero-order chi connectivity index (χ0) is 20.3. The molecule has 0 unspecified atom stereocenters. The summed E-state index contributed by atoms with van der Waals surface area (Å²) in [4.78, 5) is 18.6. The number of carbonyl (C=O) groups is 1. The molecule has 0 atom stereocenters. The quantitative estimate of drug-likeness (QED) is 0.550. The van der Waals surface area contributed by atoms with E-state index in [1.165, 1.54) is 6.20 Å². The van der Waals surface area contributed by atoms with Gasteiger partial charge in [-0.3, -0.25) is 4.79 Å². The van der Waals surface area contributed by atoms with Crippen molar-refractivity contribution in [3.63, 3.8) is 0 Å². The number of hydrogen-bond acceptors (Lipinski definition) is 4. The number of amides is 1. The van der Waals surface area contributed by atoms with E-state index >= 15 is 0 Å². The van der Waals surface area contributed by atoms with Crippen LogP contribution in [0.4, 0.5) is 17.2 Å². The Morgan fingerprint density at radius 2 is 1.79 bits per heavy atom. The molecular formula is C20H16Cl3N3O2. The van der Waals surface area contributed by atoms with E-state index in [4.69, 9.17) is 34.8 Å². The number of pyridine rings is 1. The van der Waals surface area contributed by atoms with Gasteiger partial charge >= 0.3 is 0 Å². The first-order valence-electron chi connectivity index (χ1n) is 8.24. The zero-order valence-electron chi connectivity index (χ0n) is 14.8. The molecule has 0 fully saturated rings. The molecule has 3 aromatic rings. The van der Waals surface area contributed by atoms with Crippen LogP contribution in [0, 0.1) is 0 Å². The smallest absolute Gasteiger partial charge is 0.255 e. The summed E-state index contributed by atoms with van der Waals surface area (Å²) in [5.41, 5.74) is 2.22. The Morgan fingerprint density at radius 1 is 1.07 bits per heavy atom. The predicted octanol–water partition coefficient (Wildman–Crippen LogP) is 5.55. The monoisotopic (exact) mass is 435 g/mol. The average Bonchev–Trinajstić information content (AvgIpc) is 2.69. The molecule has 0 saturated heterocycles. The lowest BCUT2D eigenvalue weighted by Gasteiger charge is -2.21. The first kappa shape index (κ1) is 20.4. The predicted molar refractivity (Wildman–Crippen MR) is 114 cm³/mol. The molecule has 3 rings (SSSR count). The fourth-order valence-electron chi connectivity index (χ4n) is 2.57. The van der Waals surface area contributed by atoms with E-state index in [0.29, 0.717) is 43.4 Å². The Bertz CT molecular complexity index is 1010. The lowest BCUT2D eigenvalue weighted by atomic mass is 10.1. The Kier molecular flexibility index (Phi) is 6.42. The summed E-state index contributed by atoms with van der Waals surface area (Å²) >= 11 is 18.5. The fraction of sp³-hybridized carbons (Fsp3) is 0.100. The summed E-state index contributed by atoms with van der Waals surface area (Å²) in [5, 5.41) is 13.4. The number of carbonyl (C=O) groups excluding carboxylic acids is 1. The van der Waals surface area contributed by atoms with Crippen LogP contribution in [0.5, 0.6) is 0 Å². The minimum absolute atomic E-state index is 0.155. The van der Waals surface area contributed by atoms with Crippen LogP contribution in [0.1, 0.15) is 15.9 Å². The van der Waals surface area contributed by atoms with Crippen molar-refractivity contribution < 1.29 is 9.90 Å². The summed E-state index contributed by atoms with van der Waals surface area (Å²) in [6, 6.07) is 13.4. The Labute approximate surface area is 177 Å². The number of halogens is 3. The fourth-order valence-corrected chi connectivity index (χ4v) is 3.25. The second kappa shape index (κ2) is 8.80. The molecule has 8 heteroatoms. The summed E-state index contributed by atoms with van der Waals surface area (Å²) in [6.45, 7) is -0.155. The Hall–Kier alpha value is -2.31. The van der Waals surface area contributed by atoms with Crippen LogP contribution in [-0.4, -0.2) is 23.0 Å². The van der Waals surface area contributed by atoms with E-state index in [-0.39, 0.29) is 12.5 Å². The van der Waals surface area contributed by atoms with E-state index in [1.807, 2.05) is 0 Å². The Morgan fingerprint density at radius 3 is 2.43 bits per heavy atom. The van der Waals surface area contributed by atoms with Gasteiger partial charge in [0.15, 0.2) is 5.82 Å². The highest BCUT2D eigenvalue weighted by atomic mass is 35.5. The first-order chi connectivity index (χ1) is 13.4. The number of nitrogens with zero attached hydrogens (tertiary/aromatic N) is 2. The van der Waals surface area contributed by atoms with Crippen molar-refractivity contribution in [1.82, 2.24) is 4.98 Å². The van der Waals surface area contributed by atoms with Gasteiger partial charge in [-0.15, -0.1) is 0 Å². The lowest BCUT2D eigenvalue weighted by Crippen LogP contribution is -2.16. The highest BCUT2D eigenvalue weighted by Crippen LogP contribution is 2.34. The maximum atomic E-state index is 12.6. The van der Waals surface area contributed by atoms with Crippen LogP contribution >= 0.6 is 34.8 Å². The molecule has 1 aromatic heterocycles. The van der Waals surface area contributed by atoms with Gasteiger partial charge in [0.1, 0.15) is 0 Å². The second-order valence-electron chi connectivity index (χ2n) is 5.99. The SMILES string of the molecule is CN(c1cc(C(=O)Nc2ccc(Cl)cc2)ccc1Cl)c1ncc(CO)cc1Cl. The summed E-state index contributed by atoms with van der Waals surface area (Å²) in [7, 11) is 1.74. The van der Waals surface area contributed by atoms with E-state index in [9.17, 15) is 9.90 Å². The van der Waals surface area contributed by atoms with Crippen LogP contribution in [0.15, 0.2) is 54.7 Å². The number of aliphatic hydroxyl groups excluding tert-OH is 1. The van der Waals surface area contributed by atoms with Crippen LogP contribution in [0.25, 0.3) is 0 Å². The van der Waals surface area contributed by atoms with Crippen LogP contribution < -0.4 is 10.2 Å². The van der Waals surface area contributed by atoms with Gasteiger partial charge in [-0.2, -0.15) is 0 Å². The van der Waals surface area contributed by atoms with Crippen molar-refractivity contribution in [2.75, 3.05) is 17.3 Å². The highest BCUT2D eigenvalue weighted by molar-refractivity contribution is 6.35. The number of aromatic nitrogens is 1. The molecule has 0 bridgehead atoms. The molecule has 0 aliphatic carbocycles. The molecule has 28 heavy (non-hydrogen) atoms. The van der Waals surface area contributed by atoms with E-state index in [0.717, 1.165) is 0 Å². The maximum Gasteiger partial charge on any atom is 0.255 e.